The molecule has 180 valence electrons. The molecule has 1 aliphatic carbocycles. The Balaban J connectivity index is 1.15. The van der Waals surface area contributed by atoms with Crippen molar-refractivity contribution in [3.63, 3.8) is 0 Å². The Kier molecular flexibility index (Phi) is 6.96. The SMILES string of the molecule is CC(C)(C)OC(=O)N[C@H]1CC[C@H](CCN2CCc3nc(N4CC(F)(F)C4)sc3CC2)CC1. The Morgan fingerprint density at radius 1 is 1.19 bits per heavy atom. The summed E-state index contributed by atoms with van der Waals surface area (Å²) >= 11 is 1.60. The lowest BCUT2D eigenvalue weighted by atomic mass is 9.84. The van der Waals surface area contributed by atoms with E-state index in [2.05, 4.69) is 15.2 Å². The Bertz CT molecular complexity index is 769. The van der Waals surface area contributed by atoms with Gasteiger partial charge in [0.25, 0.3) is 5.92 Å². The van der Waals surface area contributed by atoms with E-state index in [9.17, 15) is 13.6 Å². The van der Waals surface area contributed by atoms with Crippen molar-refractivity contribution < 1.29 is 18.3 Å². The average Bonchev–Trinajstić information content (AvgIpc) is 2.98. The third kappa shape index (κ3) is 6.31. The topological polar surface area (TPSA) is 57.7 Å². The number of carbonyl (C=O) groups excluding carboxylic acids is 1. The molecule has 1 N–H and O–H groups in total. The number of anilines is 1. The minimum atomic E-state index is -2.55. The van der Waals surface area contributed by atoms with Gasteiger partial charge in [0.2, 0.25) is 0 Å². The highest BCUT2D eigenvalue weighted by atomic mass is 32.1. The number of halogens is 2. The van der Waals surface area contributed by atoms with Crippen molar-refractivity contribution >= 4 is 22.6 Å². The number of hydrogen-bond acceptors (Lipinski definition) is 6. The molecule has 4 rings (SSSR count). The number of thiazole rings is 1. The van der Waals surface area contributed by atoms with Gasteiger partial charge in [0.05, 0.1) is 18.8 Å². The first-order chi connectivity index (χ1) is 15.1. The molecule has 6 nitrogen and oxygen atoms in total. The van der Waals surface area contributed by atoms with Crippen LogP contribution in [0.3, 0.4) is 0 Å². The fraction of sp³-hybridized carbons (Fsp3) is 0.826. The lowest BCUT2D eigenvalue weighted by Gasteiger charge is -2.38. The molecule has 0 bridgehead atoms. The van der Waals surface area contributed by atoms with Crippen LogP contribution in [0.25, 0.3) is 0 Å². The first-order valence-electron chi connectivity index (χ1n) is 11.9. The number of fused-ring (bicyclic) bond motifs is 1. The van der Waals surface area contributed by atoms with Crippen LogP contribution in [0, 0.1) is 5.92 Å². The maximum absolute atomic E-state index is 13.2. The van der Waals surface area contributed by atoms with Crippen LogP contribution in [0.4, 0.5) is 18.7 Å². The molecule has 2 aliphatic heterocycles. The molecule has 32 heavy (non-hydrogen) atoms. The van der Waals surface area contributed by atoms with Crippen molar-refractivity contribution in [3.8, 4) is 0 Å². The number of alkyl carbamates (subject to hydrolysis) is 1. The van der Waals surface area contributed by atoms with Gasteiger partial charge in [-0.2, -0.15) is 0 Å². The maximum Gasteiger partial charge on any atom is 0.407 e. The summed E-state index contributed by atoms with van der Waals surface area (Å²) in [6.45, 7) is 8.36. The molecule has 1 saturated heterocycles. The zero-order valence-electron chi connectivity index (χ0n) is 19.5. The Morgan fingerprint density at radius 3 is 2.53 bits per heavy atom. The molecule has 9 heteroatoms. The van der Waals surface area contributed by atoms with E-state index in [4.69, 9.17) is 4.74 Å². The molecule has 0 unspecified atom stereocenters. The molecular weight excluding hydrogens is 434 g/mol. The van der Waals surface area contributed by atoms with Gasteiger partial charge in [-0.3, -0.25) is 0 Å². The fourth-order valence-electron chi connectivity index (χ4n) is 4.84. The molecule has 0 atom stereocenters. The molecular formula is C23H36F2N4O2S. The molecule has 1 aromatic heterocycles. The zero-order chi connectivity index (χ0) is 22.9. The number of nitrogens with zero attached hydrogens (tertiary/aromatic N) is 3. The van der Waals surface area contributed by atoms with Gasteiger partial charge in [-0.25, -0.2) is 18.6 Å². The van der Waals surface area contributed by atoms with Crippen LogP contribution >= 0.6 is 11.3 Å². The normalized spacial score (nSPS) is 26.1. The summed E-state index contributed by atoms with van der Waals surface area (Å²) in [5.74, 6) is -1.84. The number of rotatable bonds is 5. The Morgan fingerprint density at radius 2 is 1.88 bits per heavy atom. The highest BCUT2D eigenvalue weighted by Crippen LogP contribution is 2.36. The van der Waals surface area contributed by atoms with E-state index in [1.54, 1.807) is 16.2 Å². The van der Waals surface area contributed by atoms with E-state index in [0.29, 0.717) is 5.92 Å². The van der Waals surface area contributed by atoms with Gasteiger partial charge >= 0.3 is 6.09 Å². The molecule has 0 radical (unpaired) electrons. The number of ether oxygens (including phenoxy) is 1. The van der Waals surface area contributed by atoms with Crippen molar-refractivity contribution in [2.24, 2.45) is 5.92 Å². The minimum absolute atomic E-state index is 0.193. The summed E-state index contributed by atoms with van der Waals surface area (Å²) in [5.41, 5.74) is 0.648. The van der Waals surface area contributed by atoms with Gasteiger partial charge in [-0.05, 0) is 71.8 Å². The van der Waals surface area contributed by atoms with E-state index in [1.165, 1.54) is 11.3 Å². The third-order valence-electron chi connectivity index (χ3n) is 6.62. The zero-order valence-corrected chi connectivity index (χ0v) is 20.3. The van der Waals surface area contributed by atoms with Gasteiger partial charge in [0, 0.05) is 30.4 Å². The molecule has 1 saturated carbocycles. The summed E-state index contributed by atoms with van der Waals surface area (Å²) in [5, 5.41) is 3.79. The average molecular weight is 471 g/mol. The number of nitrogens with one attached hydrogen (secondary N) is 1. The van der Waals surface area contributed by atoms with Crippen molar-refractivity contribution in [1.82, 2.24) is 15.2 Å². The first-order valence-corrected chi connectivity index (χ1v) is 12.7. The van der Waals surface area contributed by atoms with Gasteiger partial charge in [-0.15, -0.1) is 11.3 Å². The Labute approximate surface area is 193 Å². The van der Waals surface area contributed by atoms with Gasteiger partial charge in [-0.1, -0.05) is 0 Å². The molecule has 3 aliphatic rings. The quantitative estimate of drug-likeness (QED) is 0.688. The number of hydrogen-bond donors (Lipinski definition) is 1. The van der Waals surface area contributed by atoms with Crippen LogP contribution in [-0.4, -0.2) is 66.3 Å². The van der Waals surface area contributed by atoms with E-state index >= 15 is 0 Å². The van der Waals surface area contributed by atoms with Gasteiger partial charge in [0.15, 0.2) is 5.13 Å². The number of alkyl halides is 2. The Hall–Kier alpha value is -1.48. The van der Waals surface area contributed by atoms with Crippen LogP contribution in [0.15, 0.2) is 0 Å². The van der Waals surface area contributed by atoms with E-state index < -0.39 is 11.5 Å². The summed E-state index contributed by atoms with van der Waals surface area (Å²) in [4.78, 5) is 22.1. The van der Waals surface area contributed by atoms with Gasteiger partial charge in [0.1, 0.15) is 5.60 Å². The van der Waals surface area contributed by atoms with Crippen LogP contribution in [0.1, 0.15) is 63.4 Å². The standard InChI is InChI=1S/C23H36F2N4O2S/c1-22(2,3)31-21(30)26-17-6-4-16(5-7-17)8-11-28-12-9-18-19(10-13-28)32-20(27-18)29-14-23(24,25)15-29/h16-17H,4-15H2,1-3H3,(H,26,30)/t16-,17-. The summed E-state index contributed by atoms with van der Waals surface area (Å²) < 4.78 is 31.7. The second-order valence-corrected chi connectivity index (χ2v) is 11.6. The summed E-state index contributed by atoms with van der Waals surface area (Å²) in [6.07, 6.45) is 7.07. The predicted molar refractivity (Wildman–Crippen MR) is 123 cm³/mol. The summed E-state index contributed by atoms with van der Waals surface area (Å²) in [7, 11) is 0. The second-order valence-electron chi connectivity index (χ2n) is 10.6. The molecule has 0 aromatic carbocycles. The van der Waals surface area contributed by atoms with Crippen LogP contribution < -0.4 is 10.2 Å². The first kappa shape index (κ1) is 23.7. The van der Waals surface area contributed by atoms with Crippen molar-refractivity contribution in [2.45, 2.75) is 83.3 Å². The van der Waals surface area contributed by atoms with E-state index in [-0.39, 0.29) is 25.2 Å². The van der Waals surface area contributed by atoms with Gasteiger partial charge < -0.3 is 19.9 Å². The van der Waals surface area contributed by atoms with E-state index in [0.717, 1.165) is 69.0 Å². The van der Waals surface area contributed by atoms with Crippen molar-refractivity contribution in [3.05, 3.63) is 10.6 Å². The van der Waals surface area contributed by atoms with Crippen LogP contribution in [0.5, 0.6) is 0 Å². The highest BCUT2D eigenvalue weighted by Gasteiger charge is 2.45. The second kappa shape index (κ2) is 9.41. The van der Waals surface area contributed by atoms with Crippen molar-refractivity contribution in [2.75, 3.05) is 37.6 Å². The molecule has 2 fully saturated rings. The van der Waals surface area contributed by atoms with E-state index in [1.807, 2.05) is 20.8 Å². The molecule has 3 heterocycles. The number of aromatic nitrogens is 1. The summed E-state index contributed by atoms with van der Waals surface area (Å²) in [6, 6.07) is 0.224. The predicted octanol–water partition coefficient (Wildman–Crippen LogP) is 4.47. The molecule has 1 aromatic rings. The molecule has 0 spiro atoms. The largest absolute Gasteiger partial charge is 0.444 e. The maximum atomic E-state index is 13.2. The lowest BCUT2D eigenvalue weighted by molar-refractivity contribution is -0.0263. The fourth-order valence-corrected chi connectivity index (χ4v) is 5.93. The molecule has 1 amide bonds. The minimum Gasteiger partial charge on any atom is -0.444 e. The smallest absolute Gasteiger partial charge is 0.407 e. The van der Waals surface area contributed by atoms with Crippen LogP contribution in [0.2, 0.25) is 0 Å². The number of amides is 1. The monoisotopic (exact) mass is 470 g/mol. The van der Waals surface area contributed by atoms with Crippen molar-refractivity contribution in [1.29, 1.82) is 0 Å². The number of carbonyl (C=O) groups is 1. The highest BCUT2D eigenvalue weighted by molar-refractivity contribution is 7.15. The van der Waals surface area contributed by atoms with Crippen LogP contribution in [-0.2, 0) is 17.6 Å². The lowest BCUT2D eigenvalue weighted by Crippen LogP contribution is -2.56. The third-order valence-corrected chi connectivity index (χ3v) is 7.84.